The number of benzene rings is 1. The van der Waals surface area contributed by atoms with E-state index >= 15 is 0 Å². The minimum atomic E-state index is -5.95. The molecule has 0 amide bonds. The van der Waals surface area contributed by atoms with Gasteiger partial charge in [-0.05, 0) is 24.3 Å². The van der Waals surface area contributed by atoms with E-state index in [-0.39, 0.29) is 12.4 Å². The van der Waals surface area contributed by atoms with Gasteiger partial charge >= 0.3 is 17.3 Å². The van der Waals surface area contributed by atoms with Gasteiger partial charge in [0.1, 0.15) is 15.4 Å². The van der Waals surface area contributed by atoms with E-state index in [9.17, 15) is 34.8 Å². The fourth-order valence-electron chi connectivity index (χ4n) is 1.34. The van der Waals surface area contributed by atoms with Gasteiger partial charge in [-0.3, -0.25) is 0 Å². The summed E-state index contributed by atoms with van der Waals surface area (Å²) in [6, 6.07) is 3.63. The molecular formula is C10H7BF3O7S2. The van der Waals surface area contributed by atoms with Crippen molar-refractivity contribution in [3.8, 4) is 5.75 Å². The number of rotatable bonds is 5. The van der Waals surface area contributed by atoms with Crippen molar-refractivity contribution in [3.05, 3.63) is 24.3 Å². The van der Waals surface area contributed by atoms with E-state index in [1.54, 1.807) is 0 Å². The Balaban J connectivity index is 2.15. The summed E-state index contributed by atoms with van der Waals surface area (Å²) >= 11 is 0. The Morgan fingerprint density at radius 1 is 1.17 bits per heavy atom. The standard InChI is InChI=1S/C10H7BF3O7S2/c12-10(13,14)23(18,19)11-22(16,17)7-3-1-6(2-4-7)21-9(15)8-5-20-8/h1-4,8H,5H2. The van der Waals surface area contributed by atoms with Gasteiger partial charge in [-0.2, -0.15) is 13.2 Å². The molecular weight excluding hydrogens is 364 g/mol. The number of esters is 1. The van der Waals surface area contributed by atoms with Crippen molar-refractivity contribution in [3.63, 3.8) is 0 Å². The molecule has 1 radical (unpaired) electrons. The lowest BCUT2D eigenvalue weighted by Crippen LogP contribution is -2.33. The van der Waals surface area contributed by atoms with Crippen molar-refractivity contribution in [2.24, 2.45) is 0 Å². The van der Waals surface area contributed by atoms with Gasteiger partial charge in [0.2, 0.25) is 9.69 Å². The third-order valence-corrected chi connectivity index (χ3v) is 6.14. The van der Waals surface area contributed by atoms with Crippen LogP contribution < -0.4 is 4.74 Å². The maximum absolute atomic E-state index is 12.2. The lowest BCUT2D eigenvalue weighted by Gasteiger charge is -2.08. The monoisotopic (exact) mass is 371 g/mol. The normalized spacial score (nSPS) is 18.3. The first kappa shape index (κ1) is 17.8. The number of hydrogen-bond donors (Lipinski definition) is 0. The van der Waals surface area contributed by atoms with Crippen LogP contribution in [0.4, 0.5) is 13.2 Å². The number of carbonyl (C=O) groups is 1. The molecule has 0 N–H and O–H groups in total. The summed E-state index contributed by atoms with van der Waals surface area (Å²) in [5, 5.41) is 0. The molecule has 0 bridgehead atoms. The second kappa shape index (κ2) is 5.80. The van der Waals surface area contributed by atoms with Gasteiger partial charge in [0.15, 0.2) is 6.10 Å². The topological polar surface area (TPSA) is 107 Å². The van der Waals surface area contributed by atoms with E-state index in [4.69, 9.17) is 4.74 Å². The largest absolute Gasteiger partial charge is 0.487 e. The summed E-state index contributed by atoms with van der Waals surface area (Å²) in [6.45, 7) is 0.204. The molecule has 1 unspecified atom stereocenters. The van der Waals surface area contributed by atoms with Crippen LogP contribution in [0.15, 0.2) is 29.2 Å². The van der Waals surface area contributed by atoms with Crippen molar-refractivity contribution in [1.29, 1.82) is 0 Å². The van der Waals surface area contributed by atoms with E-state index in [0.717, 1.165) is 24.3 Å². The number of ether oxygens (including phenoxy) is 2. The van der Waals surface area contributed by atoms with Gasteiger partial charge in [0.25, 0.3) is 0 Å². The predicted molar refractivity (Wildman–Crippen MR) is 69.7 cm³/mol. The summed E-state index contributed by atoms with van der Waals surface area (Å²) < 4.78 is 91.3. The molecule has 125 valence electrons. The maximum Gasteiger partial charge on any atom is 0.487 e. The first-order chi connectivity index (χ1) is 10.4. The molecule has 1 heterocycles. The smallest absolute Gasteiger partial charge is 0.425 e. The number of carbonyl (C=O) groups excluding carboxylic acids is 1. The van der Waals surface area contributed by atoms with Crippen LogP contribution in [0.1, 0.15) is 0 Å². The molecule has 0 aromatic heterocycles. The summed E-state index contributed by atoms with van der Waals surface area (Å²) in [5.41, 5.74) is -5.72. The molecule has 0 spiro atoms. The Morgan fingerprint density at radius 3 is 2.13 bits per heavy atom. The summed E-state index contributed by atoms with van der Waals surface area (Å²) in [7, 11) is -10.8. The molecule has 23 heavy (non-hydrogen) atoms. The van der Waals surface area contributed by atoms with Gasteiger partial charge < -0.3 is 9.47 Å². The van der Waals surface area contributed by atoms with Crippen molar-refractivity contribution in [1.82, 2.24) is 0 Å². The van der Waals surface area contributed by atoms with Crippen molar-refractivity contribution < 1.29 is 44.3 Å². The second-order valence-electron chi connectivity index (χ2n) is 4.35. The molecule has 1 aliphatic heterocycles. The molecule has 1 saturated heterocycles. The molecule has 0 saturated carbocycles. The van der Waals surface area contributed by atoms with Crippen molar-refractivity contribution >= 4 is 31.2 Å². The lowest BCUT2D eigenvalue weighted by atomic mass is 10.3. The SMILES string of the molecule is O=C(Oc1ccc(S(=O)(=O)[B]S(=O)(=O)C(F)(F)F)cc1)C1CO1. The Kier molecular flexibility index (Phi) is 4.48. The highest BCUT2D eigenvalue weighted by molar-refractivity contribution is 8.43. The van der Waals surface area contributed by atoms with Gasteiger partial charge in [0, 0.05) is 0 Å². The predicted octanol–water partition coefficient (Wildman–Crippen LogP) is 0.233. The quantitative estimate of drug-likeness (QED) is 0.316. The van der Waals surface area contributed by atoms with Gasteiger partial charge in [-0.15, -0.1) is 0 Å². The fraction of sp³-hybridized carbons (Fsp3) is 0.300. The number of alkyl halides is 3. The first-order valence-corrected chi connectivity index (χ1v) is 8.86. The molecule has 1 aromatic rings. The molecule has 1 aliphatic rings. The third-order valence-electron chi connectivity index (χ3n) is 2.54. The van der Waals surface area contributed by atoms with Crippen LogP contribution in [0.5, 0.6) is 5.75 Å². The van der Waals surface area contributed by atoms with Gasteiger partial charge in [0.05, 0.1) is 11.5 Å². The van der Waals surface area contributed by atoms with Crippen LogP contribution >= 0.6 is 0 Å². The van der Waals surface area contributed by atoms with E-state index in [0.29, 0.717) is 0 Å². The molecule has 1 fully saturated rings. The second-order valence-corrected chi connectivity index (χ2v) is 8.23. The zero-order valence-corrected chi connectivity index (χ0v) is 12.6. The highest BCUT2D eigenvalue weighted by Gasteiger charge is 2.50. The highest BCUT2D eigenvalue weighted by atomic mass is 32.3. The summed E-state index contributed by atoms with van der Waals surface area (Å²) in [4.78, 5) is 10.6. The van der Waals surface area contributed by atoms with E-state index in [2.05, 4.69) is 4.74 Å². The Labute approximate surface area is 129 Å². The zero-order chi connectivity index (χ0) is 17.5. The van der Waals surface area contributed by atoms with Crippen LogP contribution in [0, 0.1) is 0 Å². The number of epoxide rings is 1. The third kappa shape index (κ3) is 4.23. The number of hydrogen-bond acceptors (Lipinski definition) is 7. The van der Waals surface area contributed by atoms with Gasteiger partial charge in [-0.25, -0.2) is 21.6 Å². The molecule has 0 aliphatic carbocycles. The van der Waals surface area contributed by atoms with Crippen molar-refractivity contribution in [2.75, 3.05) is 6.61 Å². The first-order valence-electron chi connectivity index (χ1n) is 5.77. The van der Waals surface area contributed by atoms with Crippen LogP contribution in [0.25, 0.3) is 0 Å². The molecule has 1 atom stereocenters. The van der Waals surface area contributed by atoms with Crippen LogP contribution in [0.2, 0.25) is 0 Å². The molecule has 2 rings (SSSR count). The van der Waals surface area contributed by atoms with E-state index < -0.39 is 47.7 Å². The zero-order valence-electron chi connectivity index (χ0n) is 11.0. The average Bonchev–Trinajstić information content (AvgIpc) is 3.20. The fourth-order valence-corrected chi connectivity index (χ4v) is 4.07. The van der Waals surface area contributed by atoms with E-state index in [1.807, 2.05) is 0 Å². The Bertz CT molecular complexity index is 811. The van der Waals surface area contributed by atoms with E-state index in [1.165, 1.54) is 0 Å². The Morgan fingerprint density at radius 2 is 1.70 bits per heavy atom. The summed E-state index contributed by atoms with van der Waals surface area (Å²) in [5.74, 6) is -1.53. The number of halogens is 3. The summed E-state index contributed by atoms with van der Waals surface area (Å²) in [6.07, 6.45) is -0.691. The van der Waals surface area contributed by atoms with Crippen LogP contribution in [0.3, 0.4) is 0 Å². The minimum absolute atomic E-state index is 0.0665. The van der Waals surface area contributed by atoms with Crippen LogP contribution in [-0.4, -0.2) is 46.9 Å². The Hall–Kier alpha value is -1.60. The molecule has 1 aromatic carbocycles. The lowest BCUT2D eigenvalue weighted by molar-refractivity contribution is -0.135. The highest BCUT2D eigenvalue weighted by Crippen LogP contribution is 2.26. The average molecular weight is 371 g/mol. The van der Waals surface area contributed by atoms with Crippen LogP contribution in [-0.2, 0) is 28.9 Å². The van der Waals surface area contributed by atoms with Gasteiger partial charge in [-0.1, -0.05) is 0 Å². The molecule has 13 heteroatoms. The minimum Gasteiger partial charge on any atom is -0.425 e. The molecule has 7 nitrogen and oxygen atoms in total. The van der Waals surface area contributed by atoms with Crippen molar-refractivity contribution in [2.45, 2.75) is 16.5 Å². The maximum atomic E-state index is 12.2.